The van der Waals surface area contributed by atoms with Gasteiger partial charge in [-0.15, -0.1) is 0 Å². The maximum atomic E-state index is 12.6. The summed E-state index contributed by atoms with van der Waals surface area (Å²) in [5.41, 5.74) is 4.72. The van der Waals surface area contributed by atoms with Crippen LogP contribution in [0.15, 0.2) is 66.9 Å². The number of rotatable bonds is 3. The van der Waals surface area contributed by atoms with Crippen molar-refractivity contribution in [2.75, 3.05) is 13.1 Å². The van der Waals surface area contributed by atoms with E-state index < -0.39 is 0 Å². The van der Waals surface area contributed by atoms with Crippen molar-refractivity contribution in [3.63, 3.8) is 0 Å². The van der Waals surface area contributed by atoms with Gasteiger partial charge in [-0.25, -0.2) is 0 Å². The van der Waals surface area contributed by atoms with E-state index in [1.54, 1.807) is 6.08 Å². The Labute approximate surface area is 154 Å². The minimum Gasteiger partial charge on any atom is -0.361 e. The van der Waals surface area contributed by atoms with Gasteiger partial charge in [-0.1, -0.05) is 48.5 Å². The minimum absolute atomic E-state index is 0.128. The number of nitrogens with zero attached hydrogens (tertiary/aromatic N) is 1. The molecule has 0 atom stereocenters. The highest BCUT2D eigenvalue weighted by molar-refractivity contribution is 5.95. The van der Waals surface area contributed by atoms with Gasteiger partial charge >= 0.3 is 0 Å². The number of allylic oxidation sites excluding steroid dienone is 1. The average molecular weight is 344 g/mol. The Morgan fingerprint density at radius 3 is 2.50 bits per heavy atom. The number of carbonyl (C=O) groups excluding carboxylic acids is 1. The smallest absolute Gasteiger partial charge is 0.246 e. The Kier molecular flexibility index (Phi) is 4.61. The molecular weight excluding hydrogens is 320 g/mol. The molecule has 2 heterocycles. The molecule has 1 saturated heterocycles. The summed E-state index contributed by atoms with van der Waals surface area (Å²) in [6.45, 7) is 3.65. The molecule has 132 valence electrons. The quantitative estimate of drug-likeness (QED) is 0.669. The molecule has 0 spiro atoms. The first-order valence-electron chi connectivity index (χ1n) is 9.31. The number of amides is 1. The Bertz CT molecular complexity index is 931. The molecule has 4 rings (SSSR count). The third-order valence-corrected chi connectivity index (χ3v) is 5.44. The molecule has 0 unspecified atom stereocenters. The number of carbonyl (C=O) groups is 1. The molecule has 3 aromatic rings. The molecule has 0 radical (unpaired) electrons. The average Bonchev–Trinajstić information content (AvgIpc) is 3.13. The van der Waals surface area contributed by atoms with Gasteiger partial charge in [0.2, 0.25) is 5.91 Å². The van der Waals surface area contributed by atoms with Crippen LogP contribution in [0.3, 0.4) is 0 Å². The van der Waals surface area contributed by atoms with E-state index >= 15 is 0 Å². The van der Waals surface area contributed by atoms with Crippen molar-refractivity contribution in [1.29, 1.82) is 0 Å². The third-order valence-electron chi connectivity index (χ3n) is 5.44. The summed E-state index contributed by atoms with van der Waals surface area (Å²) in [4.78, 5) is 18.0. The molecule has 0 saturated carbocycles. The summed E-state index contributed by atoms with van der Waals surface area (Å²) >= 11 is 0. The van der Waals surface area contributed by atoms with Crippen molar-refractivity contribution in [1.82, 2.24) is 9.88 Å². The highest BCUT2D eigenvalue weighted by Gasteiger charge is 2.24. The lowest BCUT2D eigenvalue weighted by Gasteiger charge is -2.31. The van der Waals surface area contributed by atoms with E-state index in [4.69, 9.17) is 0 Å². The van der Waals surface area contributed by atoms with Crippen LogP contribution in [0.4, 0.5) is 0 Å². The molecule has 26 heavy (non-hydrogen) atoms. The summed E-state index contributed by atoms with van der Waals surface area (Å²) in [6.07, 6.45) is 5.96. The fourth-order valence-corrected chi connectivity index (χ4v) is 3.90. The zero-order valence-corrected chi connectivity index (χ0v) is 15.1. The van der Waals surface area contributed by atoms with Crippen molar-refractivity contribution in [2.45, 2.75) is 25.7 Å². The zero-order valence-electron chi connectivity index (χ0n) is 15.1. The molecule has 1 amide bonds. The highest BCUT2D eigenvalue weighted by atomic mass is 16.2. The minimum atomic E-state index is 0.128. The largest absolute Gasteiger partial charge is 0.361 e. The van der Waals surface area contributed by atoms with Crippen LogP contribution in [-0.2, 0) is 4.79 Å². The first-order chi connectivity index (χ1) is 12.7. The number of aromatic amines is 1. The fraction of sp³-hybridized carbons (Fsp3) is 0.261. The van der Waals surface area contributed by atoms with Crippen LogP contribution in [0.5, 0.6) is 0 Å². The Hall–Kier alpha value is -2.81. The Morgan fingerprint density at radius 2 is 1.73 bits per heavy atom. The molecule has 1 aromatic heterocycles. The predicted octanol–water partition coefficient (Wildman–Crippen LogP) is 4.98. The second kappa shape index (κ2) is 7.20. The van der Waals surface area contributed by atoms with Gasteiger partial charge in [0, 0.05) is 36.3 Å². The number of fused-ring (bicyclic) bond motifs is 1. The summed E-state index contributed by atoms with van der Waals surface area (Å²) in [5.74, 6) is 0.651. The molecule has 3 nitrogen and oxygen atoms in total. The lowest BCUT2D eigenvalue weighted by molar-refractivity contribution is -0.127. The van der Waals surface area contributed by atoms with Gasteiger partial charge in [0.25, 0.3) is 0 Å². The number of hydrogen-bond donors (Lipinski definition) is 1. The van der Waals surface area contributed by atoms with Gasteiger partial charge in [0.05, 0.1) is 0 Å². The van der Waals surface area contributed by atoms with Crippen LogP contribution in [-0.4, -0.2) is 28.9 Å². The summed E-state index contributed by atoms with van der Waals surface area (Å²) in [6, 6.07) is 18.5. The fourth-order valence-electron chi connectivity index (χ4n) is 3.90. The second-order valence-corrected chi connectivity index (χ2v) is 7.08. The van der Waals surface area contributed by atoms with Crippen molar-refractivity contribution in [2.24, 2.45) is 0 Å². The Balaban J connectivity index is 1.43. The van der Waals surface area contributed by atoms with Gasteiger partial charge in [0.15, 0.2) is 0 Å². The summed E-state index contributed by atoms with van der Waals surface area (Å²) < 4.78 is 0. The van der Waals surface area contributed by atoms with E-state index in [2.05, 4.69) is 35.4 Å². The van der Waals surface area contributed by atoms with Gasteiger partial charge < -0.3 is 9.88 Å². The van der Waals surface area contributed by atoms with E-state index in [1.807, 2.05) is 42.2 Å². The van der Waals surface area contributed by atoms with E-state index in [0.717, 1.165) is 37.1 Å². The Morgan fingerprint density at radius 1 is 1.04 bits per heavy atom. The molecule has 3 heteroatoms. The topological polar surface area (TPSA) is 36.1 Å². The maximum absolute atomic E-state index is 12.6. The molecule has 1 fully saturated rings. The van der Waals surface area contributed by atoms with Gasteiger partial charge in [0.1, 0.15) is 0 Å². The number of H-pyrrole nitrogens is 1. The third kappa shape index (κ3) is 3.30. The summed E-state index contributed by atoms with van der Waals surface area (Å²) in [5, 5.41) is 1.32. The highest BCUT2D eigenvalue weighted by Crippen LogP contribution is 2.33. The zero-order chi connectivity index (χ0) is 17.9. The first-order valence-corrected chi connectivity index (χ1v) is 9.31. The second-order valence-electron chi connectivity index (χ2n) is 7.08. The molecular formula is C23H24N2O. The summed E-state index contributed by atoms with van der Waals surface area (Å²) in [7, 11) is 0. The molecule has 0 aliphatic carbocycles. The van der Waals surface area contributed by atoms with Crippen LogP contribution in [0.25, 0.3) is 16.5 Å². The number of likely N-dealkylation sites (tertiary alicyclic amines) is 1. The van der Waals surface area contributed by atoms with Crippen LogP contribution in [0, 0.1) is 0 Å². The molecule has 1 aliphatic heterocycles. The number of benzene rings is 2. The van der Waals surface area contributed by atoms with E-state index in [1.165, 1.54) is 16.5 Å². The normalized spacial score (nSPS) is 16.2. The monoisotopic (exact) mass is 344 g/mol. The van der Waals surface area contributed by atoms with Crippen LogP contribution in [0.2, 0.25) is 0 Å². The number of piperidine rings is 1. The number of aromatic nitrogens is 1. The van der Waals surface area contributed by atoms with E-state index in [-0.39, 0.29) is 5.91 Å². The lowest BCUT2D eigenvalue weighted by Crippen LogP contribution is -2.37. The van der Waals surface area contributed by atoms with Crippen LogP contribution >= 0.6 is 0 Å². The van der Waals surface area contributed by atoms with Gasteiger partial charge in [-0.3, -0.25) is 4.79 Å². The predicted molar refractivity (Wildman–Crippen MR) is 107 cm³/mol. The van der Waals surface area contributed by atoms with Crippen LogP contribution < -0.4 is 0 Å². The molecule has 1 N–H and O–H groups in total. The van der Waals surface area contributed by atoms with Gasteiger partial charge in [-0.05, 0) is 48.4 Å². The lowest BCUT2D eigenvalue weighted by atomic mass is 9.89. The van der Waals surface area contributed by atoms with E-state index in [9.17, 15) is 4.79 Å². The van der Waals surface area contributed by atoms with Gasteiger partial charge in [-0.2, -0.15) is 0 Å². The van der Waals surface area contributed by atoms with E-state index in [0.29, 0.717) is 5.92 Å². The first kappa shape index (κ1) is 16.6. The number of nitrogens with one attached hydrogen (secondary N) is 1. The van der Waals surface area contributed by atoms with Crippen molar-refractivity contribution >= 4 is 22.4 Å². The number of para-hydroxylation sites is 1. The molecule has 2 aromatic carbocycles. The van der Waals surface area contributed by atoms with Crippen LogP contribution in [0.1, 0.15) is 36.8 Å². The molecule has 0 bridgehead atoms. The molecule has 1 aliphatic rings. The SMILES string of the molecule is C/C(=C/C(=O)N1CCC(c2c[nH]c3ccccc23)CC1)c1ccccc1. The van der Waals surface area contributed by atoms with Crippen molar-refractivity contribution in [3.8, 4) is 0 Å². The number of hydrogen-bond acceptors (Lipinski definition) is 1. The van der Waals surface area contributed by atoms with Crippen molar-refractivity contribution in [3.05, 3.63) is 78.0 Å². The maximum Gasteiger partial charge on any atom is 0.246 e. The van der Waals surface area contributed by atoms with Crippen molar-refractivity contribution < 1.29 is 4.79 Å². The standard InChI is InChI=1S/C23H24N2O/c1-17(18-7-3-2-4-8-18)15-23(26)25-13-11-19(12-14-25)21-16-24-22-10-6-5-9-20(21)22/h2-10,15-16,19,24H,11-14H2,1H3/b17-15-.